The molecule has 1 aliphatic heterocycles. The third kappa shape index (κ3) is 6.16. The highest BCUT2D eigenvalue weighted by Crippen LogP contribution is 2.32. The number of nitrogens with zero attached hydrogens (tertiary/aromatic N) is 1. The number of likely N-dealkylation sites (tertiary alicyclic amines) is 1. The summed E-state index contributed by atoms with van der Waals surface area (Å²) >= 11 is 1.37. The topological polar surface area (TPSA) is 127 Å². The number of carbonyl (C=O) groups is 3. The molecule has 1 saturated carbocycles. The Morgan fingerprint density at radius 3 is 2.50 bits per heavy atom. The van der Waals surface area contributed by atoms with Crippen LogP contribution in [0.5, 0.6) is 11.5 Å². The van der Waals surface area contributed by atoms with Crippen LogP contribution in [0.25, 0.3) is 0 Å². The standard InChI is InChI=1S/C23H32N2O6S/c1-14(24-21(29)20(28)13-15-9-10-18(26)19(27)12-15)22(30)25-11-5-8-17(25)23(31)32-16-6-3-2-4-7-16/h9-10,12,14,16-17,20,26-28H,2-8,11,13H2,1H3,(H,24,29). The van der Waals surface area contributed by atoms with E-state index < -0.39 is 24.1 Å². The maximum Gasteiger partial charge on any atom is 0.249 e. The first-order chi connectivity index (χ1) is 15.3. The van der Waals surface area contributed by atoms with Crippen LogP contribution in [0.3, 0.4) is 0 Å². The van der Waals surface area contributed by atoms with Crippen LogP contribution in [0.15, 0.2) is 18.2 Å². The molecule has 8 nitrogen and oxygen atoms in total. The van der Waals surface area contributed by atoms with Crippen LogP contribution in [0.2, 0.25) is 0 Å². The van der Waals surface area contributed by atoms with Gasteiger partial charge in [-0.1, -0.05) is 37.1 Å². The minimum atomic E-state index is -1.42. The lowest BCUT2D eigenvalue weighted by Gasteiger charge is -2.28. The Hall–Kier alpha value is -2.26. The molecule has 0 aromatic heterocycles. The highest BCUT2D eigenvalue weighted by molar-refractivity contribution is 8.14. The summed E-state index contributed by atoms with van der Waals surface area (Å²) in [4.78, 5) is 39.8. The number of hydrogen-bond acceptors (Lipinski definition) is 7. The Kier molecular flexibility index (Phi) is 8.42. The number of nitrogens with one attached hydrogen (secondary N) is 1. The summed E-state index contributed by atoms with van der Waals surface area (Å²) in [5.41, 5.74) is 0.465. The summed E-state index contributed by atoms with van der Waals surface area (Å²) in [6.07, 6.45) is 5.48. The van der Waals surface area contributed by atoms with Crippen molar-refractivity contribution in [2.24, 2.45) is 0 Å². The van der Waals surface area contributed by atoms with E-state index in [-0.39, 0.29) is 28.9 Å². The molecule has 1 heterocycles. The Labute approximate surface area is 192 Å². The van der Waals surface area contributed by atoms with E-state index in [2.05, 4.69) is 5.32 Å². The highest BCUT2D eigenvalue weighted by atomic mass is 32.2. The lowest BCUT2D eigenvalue weighted by Crippen LogP contribution is -2.52. The molecule has 9 heteroatoms. The quantitative estimate of drug-likeness (QED) is 0.455. The molecule has 3 atom stereocenters. The van der Waals surface area contributed by atoms with Gasteiger partial charge in [0.05, 0.1) is 0 Å². The van der Waals surface area contributed by atoms with Crippen LogP contribution in [-0.4, -0.2) is 67.1 Å². The maximum atomic E-state index is 13.0. The normalized spacial score (nSPS) is 21.2. The number of benzene rings is 1. The smallest absolute Gasteiger partial charge is 0.249 e. The van der Waals surface area contributed by atoms with Gasteiger partial charge in [0.1, 0.15) is 18.2 Å². The number of thioether (sulfide) groups is 1. The average Bonchev–Trinajstić information content (AvgIpc) is 3.26. The molecule has 1 saturated heterocycles. The van der Waals surface area contributed by atoms with Crippen molar-refractivity contribution >= 4 is 28.7 Å². The number of aromatic hydroxyl groups is 2. The predicted molar refractivity (Wildman–Crippen MR) is 121 cm³/mol. The van der Waals surface area contributed by atoms with Gasteiger partial charge in [-0.25, -0.2) is 0 Å². The molecule has 0 bridgehead atoms. The van der Waals surface area contributed by atoms with Gasteiger partial charge >= 0.3 is 0 Å². The van der Waals surface area contributed by atoms with Gasteiger partial charge in [-0.05, 0) is 50.3 Å². The Bertz CT molecular complexity index is 842. The molecular weight excluding hydrogens is 432 g/mol. The molecule has 2 aliphatic rings. The number of aliphatic hydroxyl groups is 1. The number of carbonyl (C=O) groups excluding carboxylic acids is 3. The molecule has 1 aromatic rings. The number of hydrogen-bond donors (Lipinski definition) is 4. The van der Waals surface area contributed by atoms with E-state index in [1.54, 1.807) is 11.8 Å². The van der Waals surface area contributed by atoms with Crippen LogP contribution in [0.1, 0.15) is 57.4 Å². The van der Waals surface area contributed by atoms with Gasteiger partial charge in [-0.3, -0.25) is 14.4 Å². The van der Waals surface area contributed by atoms with E-state index in [0.717, 1.165) is 32.1 Å². The third-order valence-electron chi connectivity index (χ3n) is 6.14. The minimum Gasteiger partial charge on any atom is -0.504 e. The van der Waals surface area contributed by atoms with Crippen molar-refractivity contribution in [1.29, 1.82) is 0 Å². The zero-order valence-corrected chi connectivity index (χ0v) is 19.1. The summed E-state index contributed by atoms with van der Waals surface area (Å²) in [5, 5.41) is 32.0. The second-order valence-corrected chi connectivity index (χ2v) is 9.96. The lowest BCUT2D eigenvalue weighted by atomic mass is 10.0. The summed E-state index contributed by atoms with van der Waals surface area (Å²) in [7, 11) is 0. The van der Waals surface area contributed by atoms with Gasteiger partial charge in [0, 0.05) is 18.2 Å². The van der Waals surface area contributed by atoms with E-state index in [1.807, 2.05) is 0 Å². The van der Waals surface area contributed by atoms with Crippen LogP contribution >= 0.6 is 11.8 Å². The lowest BCUT2D eigenvalue weighted by molar-refractivity contribution is -0.140. The fraction of sp³-hybridized carbons (Fsp3) is 0.609. The third-order valence-corrected chi connectivity index (χ3v) is 7.45. The number of rotatable bonds is 7. The van der Waals surface area contributed by atoms with Gasteiger partial charge in [0.25, 0.3) is 0 Å². The van der Waals surface area contributed by atoms with Crippen molar-refractivity contribution < 1.29 is 29.7 Å². The number of amides is 2. The van der Waals surface area contributed by atoms with Crippen molar-refractivity contribution in [3.05, 3.63) is 23.8 Å². The average molecular weight is 465 g/mol. The highest BCUT2D eigenvalue weighted by Gasteiger charge is 2.37. The summed E-state index contributed by atoms with van der Waals surface area (Å²) in [5.74, 6) is -1.66. The predicted octanol–water partition coefficient (Wildman–Crippen LogP) is 2.09. The largest absolute Gasteiger partial charge is 0.504 e. The van der Waals surface area contributed by atoms with Crippen LogP contribution in [0.4, 0.5) is 0 Å². The van der Waals surface area contributed by atoms with E-state index in [9.17, 15) is 29.7 Å². The summed E-state index contributed by atoms with van der Waals surface area (Å²) in [6.45, 7) is 2.03. The van der Waals surface area contributed by atoms with E-state index >= 15 is 0 Å². The van der Waals surface area contributed by atoms with Crippen LogP contribution in [-0.2, 0) is 20.8 Å². The summed E-state index contributed by atoms with van der Waals surface area (Å²) in [6, 6.07) is 2.70. The number of aliphatic hydroxyl groups excluding tert-OH is 1. The van der Waals surface area contributed by atoms with Crippen molar-refractivity contribution in [1.82, 2.24) is 10.2 Å². The van der Waals surface area contributed by atoms with Crippen LogP contribution in [0, 0.1) is 0 Å². The fourth-order valence-electron chi connectivity index (χ4n) is 4.33. The first kappa shape index (κ1) is 24.4. The molecule has 4 N–H and O–H groups in total. The van der Waals surface area contributed by atoms with Gasteiger partial charge in [0.15, 0.2) is 11.5 Å². The van der Waals surface area contributed by atoms with Crippen molar-refractivity contribution in [3.8, 4) is 11.5 Å². The molecule has 2 fully saturated rings. The zero-order valence-electron chi connectivity index (χ0n) is 18.3. The SMILES string of the molecule is CC(NC(=O)C(O)Cc1ccc(O)c(O)c1)C(=O)N1CCCC1C(=O)SC1CCCCC1. The molecular formula is C23H32N2O6S. The monoisotopic (exact) mass is 464 g/mol. The first-order valence-corrected chi connectivity index (χ1v) is 12.1. The van der Waals surface area contributed by atoms with Crippen molar-refractivity contribution in [2.75, 3.05) is 6.54 Å². The van der Waals surface area contributed by atoms with Gasteiger partial charge < -0.3 is 25.5 Å². The van der Waals surface area contributed by atoms with Crippen molar-refractivity contribution in [2.45, 2.75) is 81.7 Å². The molecule has 32 heavy (non-hydrogen) atoms. The van der Waals surface area contributed by atoms with Gasteiger partial charge in [-0.15, -0.1) is 0 Å². The van der Waals surface area contributed by atoms with Crippen molar-refractivity contribution in [3.63, 3.8) is 0 Å². The van der Waals surface area contributed by atoms with E-state index in [0.29, 0.717) is 23.8 Å². The summed E-state index contributed by atoms with van der Waals surface area (Å²) < 4.78 is 0. The molecule has 0 radical (unpaired) electrons. The molecule has 3 unspecified atom stereocenters. The second kappa shape index (κ2) is 11.0. The van der Waals surface area contributed by atoms with Gasteiger partial charge in [0.2, 0.25) is 16.9 Å². The van der Waals surface area contributed by atoms with Gasteiger partial charge in [-0.2, -0.15) is 0 Å². The second-order valence-electron chi connectivity index (χ2n) is 8.66. The maximum absolute atomic E-state index is 13.0. The zero-order chi connectivity index (χ0) is 23.3. The van der Waals surface area contributed by atoms with E-state index in [1.165, 1.54) is 36.4 Å². The first-order valence-electron chi connectivity index (χ1n) is 11.3. The fourth-order valence-corrected chi connectivity index (χ4v) is 5.63. The molecule has 176 valence electrons. The molecule has 1 aromatic carbocycles. The minimum absolute atomic E-state index is 0.0356. The molecule has 3 rings (SSSR count). The Morgan fingerprint density at radius 1 is 1.09 bits per heavy atom. The molecule has 1 aliphatic carbocycles. The number of phenols is 2. The van der Waals surface area contributed by atoms with Crippen LogP contribution < -0.4 is 5.32 Å². The number of phenolic OH excluding ortho intramolecular Hbond substituents is 2. The molecule has 0 spiro atoms. The molecule has 2 amide bonds. The van der Waals surface area contributed by atoms with E-state index in [4.69, 9.17) is 0 Å². The Balaban J connectivity index is 1.53. The Morgan fingerprint density at radius 2 is 1.81 bits per heavy atom.